The van der Waals surface area contributed by atoms with E-state index in [1.165, 1.54) is 18.3 Å². The van der Waals surface area contributed by atoms with E-state index in [0.717, 1.165) is 37.5 Å². The van der Waals surface area contributed by atoms with Crippen molar-refractivity contribution in [2.75, 3.05) is 18.4 Å². The first-order valence-electron chi connectivity index (χ1n) is 7.20. The zero-order chi connectivity index (χ0) is 15.4. The Kier molecular flexibility index (Phi) is 4.65. The largest absolute Gasteiger partial charge is 0.489 e. The number of pyridine rings is 1. The van der Waals surface area contributed by atoms with Crippen LogP contribution in [0.3, 0.4) is 0 Å². The van der Waals surface area contributed by atoms with E-state index >= 15 is 0 Å². The van der Waals surface area contributed by atoms with Gasteiger partial charge in [0.2, 0.25) is 5.91 Å². The molecule has 1 saturated heterocycles. The highest BCUT2D eigenvalue weighted by Crippen LogP contribution is 2.21. The van der Waals surface area contributed by atoms with Gasteiger partial charge in [0.25, 0.3) is 0 Å². The van der Waals surface area contributed by atoms with Gasteiger partial charge in [-0.2, -0.15) is 0 Å². The topological polar surface area (TPSA) is 67.4 Å². The minimum atomic E-state index is -0.0899. The lowest BCUT2D eigenvalue weighted by Crippen LogP contribution is -2.24. The van der Waals surface area contributed by atoms with E-state index in [2.05, 4.69) is 20.2 Å². The third-order valence-electron chi connectivity index (χ3n) is 3.40. The summed E-state index contributed by atoms with van der Waals surface area (Å²) in [5, 5.41) is 5.36. The quantitative estimate of drug-likeness (QED) is 0.915. The number of nitrogens with one attached hydrogen (secondary N) is 1. The second-order valence-corrected chi connectivity index (χ2v) is 6.13. The molecule has 1 fully saturated rings. The summed E-state index contributed by atoms with van der Waals surface area (Å²) >= 11 is 1.46. The van der Waals surface area contributed by atoms with Gasteiger partial charge in [0.15, 0.2) is 5.13 Å². The molecule has 22 heavy (non-hydrogen) atoms. The molecule has 1 atom stereocenters. The molecule has 1 aliphatic heterocycles. The molecule has 3 rings (SSSR count). The van der Waals surface area contributed by atoms with E-state index in [9.17, 15) is 4.79 Å². The molecule has 1 N–H and O–H groups in total. The van der Waals surface area contributed by atoms with Crippen LogP contribution >= 0.6 is 11.3 Å². The molecule has 0 unspecified atom stereocenters. The lowest BCUT2D eigenvalue weighted by molar-refractivity contribution is -0.114. The standard InChI is InChI=1S/C15H18N4O2S/c1-11(20)17-15-18-12(10-22-15)8-19-7-4-14(9-19)21-13-2-5-16-6-3-13/h2-3,5-6,10,14H,4,7-9H2,1H3,(H,17,18,20)/t14-/m0/s1. The average molecular weight is 318 g/mol. The van der Waals surface area contributed by atoms with Crippen molar-refractivity contribution in [3.05, 3.63) is 35.6 Å². The number of carbonyl (C=O) groups is 1. The predicted molar refractivity (Wildman–Crippen MR) is 85.0 cm³/mol. The molecule has 0 radical (unpaired) electrons. The molecular weight excluding hydrogens is 300 g/mol. The molecule has 7 heteroatoms. The molecule has 6 nitrogen and oxygen atoms in total. The van der Waals surface area contributed by atoms with Gasteiger partial charge in [-0.3, -0.25) is 14.7 Å². The van der Waals surface area contributed by atoms with E-state index in [1.807, 2.05) is 17.5 Å². The second-order valence-electron chi connectivity index (χ2n) is 5.27. The maximum Gasteiger partial charge on any atom is 0.223 e. The van der Waals surface area contributed by atoms with Crippen LogP contribution < -0.4 is 10.1 Å². The van der Waals surface area contributed by atoms with Gasteiger partial charge in [-0.15, -0.1) is 11.3 Å². The summed E-state index contributed by atoms with van der Waals surface area (Å²) in [4.78, 5) is 21.7. The fourth-order valence-electron chi connectivity index (χ4n) is 2.46. The number of thiazole rings is 1. The Balaban J connectivity index is 1.50. The van der Waals surface area contributed by atoms with Crippen LogP contribution in [0.4, 0.5) is 5.13 Å². The Bertz CT molecular complexity index is 631. The molecular formula is C15H18N4O2S. The van der Waals surface area contributed by atoms with Crippen molar-refractivity contribution in [1.29, 1.82) is 0 Å². The fourth-order valence-corrected chi connectivity index (χ4v) is 3.21. The smallest absolute Gasteiger partial charge is 0.223 e. The monoisotopic (exact) mass is 318 g/mol. The van der Waals surface area contributed by atoms with Gasteiger partial charge < -0.3 is 10.1 Å². The van der Waals surface area contributed by atoms with Crippen LogP contribution in [0.1, 0.15) is 19.0 Å². The van der Waals surface area contributed by atoms with E-state index < -0.39 is 0 Å². The van der Waals surface area contributed by atoms with Crippen molar-refractivity contribution in [1.82, 2.24) is 14.9 Å². The zero-order valence-electron chi connectivity index (χ0n) is 12.4. The van der Waals surface area contributed by atoms with Crippen LogP contribution in [0.5, 0.6) is 5.75 Å². The molecule has 0 aromatic carbocycles. The third kappa shape index (κ3) is 4.02. The number of hydrogen-bond donors (Lipinski definition) is 1. The maximum absolute atomic E-state index is 11.0. The lowest BCUT2D eigenvalue weighted by Gasteiger charge is -2.15. The van der Waals surface area contributed by atoms with Gasteiger partial charge in [-0.1, -0.05) is 0 Å². The van der Waals surface area contributed by atoms with Crippen molar-refractivity contribution in [2.24, 2.45) is 0 Å². The number of aromatic nitrogens is 2. The Labute approximate surface area is 133 Å². The van der Waals surface area contributed by atoms with Crippen molar-refractivity contribution in [2.45, 2.75) is 26.0 Å². The lowest BCUT2D eigenvalue weighted by atomic mass is 10.3. The van der Waals surface area contributed by atoms with E-state index in [-0.39, 0.29) is 12.0 Å². The van der Waals surface area contributed by atoms with Gasteiger partial charge in [0, 0.05) is 44.3 Å². The number of likely N-dealkylation sites (tertiary alicyclic amines) is 1. The second kappa shape index (κ2) is 6.85. The van der Waals surface area contributed by atoms with E-state index in [0.29, 0.717) is 5.13 Å². The van der Waals surface area contributed by atoms with E-state index in [1.54, 1.807) is 12.4 Å². The number of ether oxygens (including phenoxy) is 1. The average Bonchev–Trinajstić information content (AvgIpc) is 3.10. The summed E-state index contributed by atoms with van der Waals surface area (Å²) < 4.78 is 5.94. The summed E-state index contributed by atoms with van der Waals surface area (Å²) in [5.41, 5.74) is 0.985. The number of hydrogen-bond acceptors (Lipinski definition) is 6. The molecule has 3 heterocycles. The molecule has 0 bridgehead atoms. The molecule has 0 saturated carbocycles. The van der Waals surface area contributed by atoms with Crippen molar-refractivity contribution >= 4 is 22.4 Å². The zero-order valence-corrected chi connectivity index (χ0v) is 13.2. The fraction of sp³-hybridized carbons (Fsp3) is 0.400. The Morgan fingerprint density at radius 1 is 1.50 bits per heavy atom. The highest BCUT2D eigenvalue weighted by atomic mass is 32.1. The van der Waals surface area contributed by atoms with Crippen LogP contribution in [0, 0.1) is 0 Å². The van der Waals surface area contributed by atoms with Gasteiger partial charge in [0.1, 0.15) is 11.9 Å². The predicted octanol–water partition coefficient (Wildman–Crippen LogP) is 2.15. The Hall–Kier alpha value is -1.99. The first kappa shape index (κ1) is 14.9. The van der Waals surface area contributed by atoms with Gasteiger partial charge in [-0.05, 0) is 18.6 Å². The highest BCUT2D eigenvalue weighted by molar-refractivity contribution is 7.13. The van der Waals surface area contributed by atoms with Crippen LogP contribution in [0.25, 0.3) is 0 Å². The third-order valence-corrected chi connectivity index (χ3v) is 4.21. The van der Waals surface area contributed by atoms with E-state index in [4.69, 9.17) is 4.74 Å². The minimum absolute atomic E-state index is 0.0899. The number of amides is 1. The van der Waals surface area contributed by atoms with Gasteiger partial charge in [0.05, 0.1) is 5.69 Å². The van der Waals surface area contributed by atoms with Gasteiger partial charge >= 0.3 is 0 Å². The number of rotatable bonds is 5. The number of carbonyl (C=O) groups excluding carboxylic acids is 1. The molecule has 116 valence electrons. The van der Waals surface area contributed by atoms with Crippen LogP contribution in [0.15, 0.2) is 29.9 Å². The van der Waals surface area contributed by atoms with Crippen LogP contribution in [-0.2, 0) is 11.3 Å². The van der Waals surface area contributed by atoms with Crippen LogP contribution in [-0.4, -0.2) is 40.0 Å². The first-order valence-corrected chi connectivity index (χ1v) is 8.08. The van der Waals surface area contributed by atoms with Crippen LogP contribution in [0.2, 0.25) is 0 Å². The van der Waals surface area contributed by atoms with Crippen molar-refractivity contribution in [3.63, 3.8) is 0 Å². The molecule has 2 aromatic heterocycles. The highest BCUT2D eigenvalue weighted by Gasteiger charge is 2.24. The van der Waals surface area contributed by atoms with Gasteiger partial charge in [-0.25, -0.2) is 4.98 Å². The maximum atomic E-state index is 11.0. The molecule has 1 aliphatic rings. The minimum Gasteiger partial charge on any atom is -0.489 e. The Morgan fingerprint density at radius 2 is 2.32 bits per heavy atom. The number of nitrogens with zero attached hydrogens (tertiary/aromatic N) is 3. The molecule has 2 aromatic rings. The molecule has 0 spiro atoms. The summed E-state index contributed by atoms with van der Waals surface area (Å²) in [6, 6.07) is 3.76. The molecule has 1 amide bonds. The number of anilines is 1. The first-order chi connectivity index (χ1) is 10.7. The summed E-state index contributed by atoms with van der Waals surface area (Å²) in [5.74, 6) is 0.774. The molecule has 0 aliphatic carbocycles. The SMILES string of the molecule is CC(=O)Nc1nc(CN2CC[C@H](Oc3ccncc3)C2)cs1. The normalized spacial score (nSPS) is 18.3. The summed E-state index contributed by atoms with van der Waals surface area (Å²) in [7, 11) is 0. The van der Waals surface area contributed by atoms with Crippen molar-refractivity contribution < 1.29 is 9.53 Å². The summed E-state index contributed by atoms with van der Waals surface area (Å²) in [6.07, 6.45) is 4.68. The Morgan fingerprint density at radius 3 is 3.09 bits per heavy atom. The summed E-state index contributed by atoms with van der Waals surface area (Å²) in [6.45, 7) is 4.15. The van der Waals surface area contributed by atoms with Crippen molar-refractivity contribution in [3.8, 4) is 5.75 Å².